The van der Waals surface area contributed by atoms with Crippen molar-refractivity contribution in [3.63, 3.8) is 0 Å². The summed E-state index contributed by atoms with van der Waals surface area (Å²) >= 11 is 4.68. The molecule has 0 saturated carbocycles. The number of nitrogens with zero attached hydrogens (tertiary/aromatic N) is 2. The van der Waals surface area contributed by atoms with Gasteiger partial charge in [0.2, 0.25) is 0 Å². The fourth-order valence-electron chi connectivity index (χ4n) is 4.13. The van der Waals surface area contributed by atoms with Crippen LogP contribution in [-0.4, -0.2) is 43.8 Å². The van der Waals surface area contributed by atoms with Gasteiger partial charge in [0.1, 0.15) is 4.21 Å². The molecular formula is C18H21BrN2O2S2. The maximum Gasteiger partial charge on any atom is 0.253 e. The summed E-state index contributed by atoms with van der Waals surface area (Å²) < 4.78 is 29.8. The summed E-state index contributed by atoms with van der Waals surface area (Å²) in [5.74, 6) is 0. The number of rotatable bonds is 3. The quantitative estimate of drug-likeness (QED) is 0.726. The second-order valence-corrected chi connectivity index (χ2v) is 11.3. The molecule has 4 rings (SSSR count). The van der Waals surface area contributed by atoms with E-state index in [1.165, 1.54) is 22.5 Å². The molecule has 2 atom stereocenters. The van der Waals surface area contributed by atoms with Crippen molar-refractivity contribution in [2.75, 3.05) is 20.1 Å². The minimum Gasteiger partial charge on any atom is -0.301 e. The minimum absolute atomic E-state index is 0.108. The van der Waals surface area contributed by atoms with Gasteiger partial charge >= 0.3 is 0 Å². The number of fused-ring (bicyclic) bond motifs is 1. The van der Waals surface area contributed by atoms with Gasteiger partial charge in [-0.15, -0.1) is 11.3 Å². The highest BCUT2D eigenvalue weighted by Gasteiger charge is 2.43. The second kappa shape index (κ2) is 6.78. The lowest BCUT2D eigenvalue weighted by Crippen LogP contribution is -2.47. The summed E-state index contributed by atoms with van der Waals surface area (Å²) in [6.45, 7) is 1.58. The van der Waals surface area contributed by atoms with Crippen molar-refractivity contribution in [2.24, 2.45) is 0 Å². The van der Waals surface area contributed by atoms with E-state index in [-0.39, 0.29) is 12.1 Å². The first-order chi connectivity index (χ1) is 12.0. The Bertz CT molecular complexity index is 881. The average Bonchev–Trinajstić information content (AvgIpc) is 3.22. The molecule has 25 heavy (non-hydrogen) atoms. The van der Waals surface area contributed by atoms with E-state index in [1.807, 2.05) is 12.1 Å². The number of hydrogen-bond donors (Lipinski definition) is 0. The van der Waals surface area contributed by atoms with Gasteiger partial charge < -0.3 is 4.90 Å². The van der Waals surface area contributed by atoms with Gasteiger partial charge in [0.25, 0.3) is 10.0 Å². The fraction of sp³-hybridized carbons (Fsp3) is 0.444. The van der Waals surface area contributed by atoms with E-state index < -0.39 is 10.0 Å². The van der Waals surface area contributed by atoms with Crippen molar-refractivity contribution in [1.29, 1.82) is 0 Å². The third-order valence-electron chi connectivity index (χ3n) is 5.34. The van der Waals surface area contributed by atoms with Crippen LogP contribution in [0.1, 0.15) is 30.0 Å². The fourth-order valence-corrected chi connectivity index (χ4v) is 7.91. The predicted molar refractivity (Wildman–Crippen MR) is 104 cm³/mol. The Morgan fingerprint density at radius 2 is 1.96 bits per heavy atom. The molecule has 0 spiro atoms. The van der Waals surface area contributed by atoms with E-state index in [4.69, 9.17) is 0 Å². The van der Waals surface area contributed by atoms with Crippen molar-refractivity contribution in [3.8, 4) is 0 Å². The molecule has 4 nitrogen and oxygen atoms in total. The van der Waals surface area contributed by atoms with E-state index in [0.717, 1.165) is 29.6 Å². The van der Waals surface area contributed by atoms with Gasteiger partial charge in [-0.25, -0.2) is 8.42 Å². The van der Waals surface area contributed by atoms with Gasteiger partial charge in [-0.3, -0.25) is 0 Å². The third kappa shape index (κ3) is 3.10. The third-order valence-corrected chi connectivity index (χ3v) is 9.31. The van der Waals surface area contributed by atoms with Gasteiger partial charge in [-0.1, -0.05) is 24.3 Å². The summed E-state index contributed by atoms with van der Waals surface area (Å²) in [6, 6.07) is 12.0. The number of benzene rings is 1. The monoisotopic (exact) mass is 440 g/mol. The summed E-state index contributed by atoms with van der Waals surface area (Å²) in [7, 11) is -1.39. The maximum absolute atomic E-state index is 13.4. The normalized spacial score (nSPS) is 25.2. The molecule has 1 aromatic carbocycles. The zero-order valence-electron chi connectivity index (χ0n) is 14.1. The molecule has 2 aliphatic heterocycles. The van der Waals surface area contributed by atoms with Crippen LogP contribution >= 0.6 is 27.3 Å². The van der Waals surface area contributed by atoms with Crippen LogP contribution in [0.4, 0.5) is 0 Å². The molecule has 134 valence electrons. The molecule has 1 fully saturated rings. The van der Waals surface area contributed by atoms with Crippen molar-refractivity contribution < 1.29 is 8.42 Å². The van der Waals surface area contributed by atoms with E-state index in [1.54, 1.807) is 10.4 Å². The first-order valence-corrected chi connectivity index (χ1v) is 11.6. The zero-order chi connectivity index (χ0) is 17.6. The Hall–Kier alpha value is -0.730. The van der Waals surface area contributed by atoms with Gasteiger partial charge in [0, 0.05) is 12.6 Å². The summed E-state index contributed by atoms with van der Waals surface area (Å²) in [4.78, 5) is 2.32. The van der Waals surface area contributed by atoms with Crippen molar-refractivity contribution in [1.82, 2.24) is 9.21 Å². The zero-order valence-corrected chi connectivity index (χ0v) is 17.3. The van der Waals surface area contributed by atoms with Crippen LogP contribution in [0.25, 0.3) is 0 Å². The molecule has 3 heterocycles. The SMILES string of the molecule is CN1CCCC1C1c2ccccc2CCN1S(=O)(=O)c1ccc(Br)s1. The molecule has 0 radical (unpaired) electrons. The molecule has 0 bridgehead atoms. The Morgan fingerprint density at radius 3 is 2.64 bits per heavy atom. The summed E-state index contributed by atoms with van der Waals surface area (Å²) in [6.07, 6.45) is 2.93. The molecule has 1 aromatic heterocycles. The number of likely N-dealkylation sites (tertiary alicyclic amines) is 1. The Balaban J connectivity index is 1.81. The van der Waals surface area contributed by atoms with Crippen LogP contribution in [0.2, 0.25) is 0 Å². The molecule has 0 aliphatic carbocycles. The van der Waals surface area contributed by atoms with E-state index in [9.17, 15) is 8.42 Å². The van der Waals surface area contributed by atoms with Crippen molar-refractivity contribution in [2.45, 2.75) is 35.6 Å². The lowest BCUT2D eigenvalue weighted by atomic mass is 9.89. The lowest BCUT2D eigenvalue weighted by Gasteiger charge is -2.41. The van der Waals surface area contributed by atoms with Crippen LogP contribution < -0.4 is 0 Å². The molecule has 1 saturated heterocycles. The Morgan fingerprint density at radius 1 is 1.16 bits per heavy atom. The smallest absolute Gasteiger partial charge is 0.253 e. The molecular weight excluding hydrogens is 420 g/mol. The number of hydrogen-bond acceptors (Lipinski definition) is 4. The number of thiophene rings is 1. The van der Waals surface area contributed by atoms with Crippen LogP contribution in [0, 0.1) is 0 Å². The molecule has 0 amide bonds. The topological polar surface area (TPSA) is 40.6 Å². The molecule has 0 N–H and O–H groups in total. The van der Waals surface area contributed by atoms with Gasteiger partial charge in [-0.2, -0.15) is 4.31 Å². The Kier molecular flexibility index (Phi) is 4.79. The Labute approximate surface area is 161 Å². The van der Waals surface area contributed by atoms with Crippen LogP contribution in [0.3, 0.4) is 0 Å². The van der Waals surface area contributed by atoms with Crippen molar-refractivity contribution in [3.05, 3.63) is 51.3 Å². The lowest BCUT2D eigenvalue weighted by molar-refractivity contribution is 0.175. The minimum atomic E-state index is -3.50. The molecule has 2 aliphatic rings. The van der Waals surface area contributed by atoms with Gasteiger partial charge in [-0.05, 0) is 72.0 Å². The number of halogens is 1. The highest BCUT2D eigenvalue weighted by Crippen LogP contribution is 2.42. The highest BCUT2D eigenvalue weighted by molar-refractivity contribution is 9.11. The van der Waals surface area contributed by atoms with E-state index in [0.29, 0.717) is 10.8 Å². The van der Waals surface area contributed by atoms with Gasteiger partial charge in [0.15, 0.2) is 0 Å². The van der Waals surface area contributed by atoms with Gasteiger partial charge in [0.05, 0.1) is 9.83 Å². The van der Waals surface area contributed by atoms with Crippen LogP contribution in [-0.2, 0) is 16.4 Å². The first kappa shape index (κ1) is 17.7. The standard InChI is InChI=1S/C18H21BrN2O2S2/c1-20-11-4-7-15(20)18-14-6-3-2-5-13(14)10-12-21(18)25(22,23)17-9-8-16(19)24-17/h2-3,5-6,8-9,15,18H,4,7,10-12H2,1H3. The molecule has 2 unspecified atom stereocenters. The average molecular weight is 441 g/mol. The number of sulfonamides is 1. The van der Waals surface area contributed by atoms with E-state index >= 15 is 0 Å². The maximum atomic E-state index is 13.4. The second-order valence-electron chi connectivity index (χ2n) is 6.76. The van der Waals surface area contributed by atoms with E-state index in [2.05, 4.69) is 46.1 Å². The largest absolute Gasteiger partial charge is 0.301 e. The van der Waals surface area contributed by atoms with Crippen LogP contribution in [0.5, 0.6) is 0 Å². The van der Waals surface area contributed by atoms with Crippen molar-refractivity contribution >= 4 is 37.3 Å². The summed E-state index contributed by atoms with van der Waals surface area (Å²) in [5.41, 5.74) is 2.46. The molecule has 2 aromatic rings. The highest BCUT2D eigenvalue weighted by atomic mass is 79.9. The van der Waals surface area contributed by atoms with Crippen LogP contribution in [0.15, 0.2) is 44.4 Å². The summed E-state index contributed by atoms with van der Waals surface area (Å²) in [5, 5.41) is 0. The predicted octanol–water partition coefficient (Wildman–Crippen LogP) is 3.89. The number of likely N-dealkylation sites (N-methyl/N-ethyl adjacent to an activating group) is 1. The molecule has 7 heteroatoms. The first-order valence-electron chi connectivity index (χ1n) is 8.54.